The van der Waals surface area contributed by atoms with Gasteiger partial charge in [-0.3, -0.25) is 4.79 Å². The quantitative estimate of drug-likeness (QED) is 0.481. The maximum Gasteiger partial charge on any atom is 0.261 e. The zero-order valence-electron chi connectivity index (χ0n) is 14.7. The van der Waals surface area contributed by atoms with Crippen molar-refractivity contribution in [3.8, 4) is 10.4 Å². The third kappa shape index (κ3) is 3.92. The SMILES string of the molecule is N[C@@H](CNC(=O)c1ccc(-c2ccnc3[nH]ccc23)s1)Cc1ccccc1. The minimum Gasteiger partial charge on any atom is -0.350 e. The Kier molecular flexibility index (Phi) is 5.00. The van der Waals surface area contributed by atoms with Crippen LogP contribution in [0.15, 0.2) is 67.0 Å². The molecule has 6 heteroatoms. The number of nitrogens with one attached hydrogen (secondary N) is 2. The van der Waals surface area contributed by atoms with Crippen LogP contribution in [-0.2, 0) is 6.42 Å². The maximum atomic E-state index is 12.5. The number of rotatable bonds is 6. The number of pyridine rings is 1. The Morgan fingerprint density at radius 2 is 2.00 bits per heavy atom. The van der Waals surface area contributed by atoms with Crippen LogP contribution in [0.3, 0.4) is 0 Å². The maximum absolute atomic E-state index is 12.5. The molecule has 0 aliphatic carbocycles. The molecule has 0 spiro atoms. The second-order valence-electron chi connectivity index (χ2n) is 6.42. The van der Waals surface area contributed by atoms with E-state index in [1.165, 1.54) is 16.9 Å². The molecule has 27 heavy (non-hydrogen) atoms. The number of aromatic amines is 1. The number of fused-ring (bicyclic) bond motifs is 1. The Morgan fingerprint density at radius 3 is 2.85 bits per heavy atom. The van der Waals surface area contributed by atoms with E-state index in [1.807, 2.05) is 60.8 Å². The highest BCUT2D eigenvalue weighted by atomic mass is 32.1. The lowest BCUT2D eigenvalue weighted by Gasteiger charge is -2.12. The number of hydrogen-bond acceptors (Lipinski definition) is 4. The van der Waals surface area contributed by atoms with Crippen LogP contribution >= 0.6 is 11.3 Å². The molecule has 136 valence electrons. The minimum atomic E-state index is -0.115. The molecule has 0 fully saturated rings. The Hall–Kier alpha value is -2.96. The fourth-order valence-corrected chi connectivity index (χ4v) is 4.04. The van der Waals surface area contributed by atoms with Gasteiger partial charge in [-0.2, -0.15) is 0 Å². The summed E-state index contributed by atoms with van der Waals surface area (Å²) in [4.78, 5) is 21.6. The number of carbonyl (C=O) groups excluding carboxylic acids is 1. The first-order valence-corrected chi connectivity index (χ1v) is 9.62. The molecule has 1 amide bonds. The minimum absolute atomic E-state index is 0.0888. The number of aromatic nitrogens is 2. The van der Waals surface area contributed by atoms with Gasteiger partial charge in [0.2, 0.25) is 0 Å². The van der Waals surface area contributed by atoms with E-state index in [0.29, 0.717) is 11.4 Å². The molecule has 3 aromatic heterocycles. The summed E-state index contributed by atoms with van der Waals surface area (Å²) in [5, 5.41) is 4.00. The second-order valence-corrected chi connectivity index (χ2v) is 7.51. The molecular formula is C21H20N4OS. The zero-order chi connectivity index (χ0) is 18.6. The number of nitrogens with zero attached hydrogens (tertiary/aromatic N) is 1. The predicted molar refractivity (Wildman–Crippen MR) is 110 cm³/mol. The average Bonchev–Trinajstić information content (AvgIpc) is 3.36. The van der Waals surface area contributed by atoms with Gasteiger partial charge in [-0.1, -0.05) is 30.3 Å². The molecule has 1 atom stereocenters. The summed E-state index contributed by atoms with van der Waals surface area (Å²) >= 11 is 1.47. The molecule has 4 N–H and O–H groups in total. The van der Waals surface area contributed by atoms with Gasteiger partial charge < -0.3 is 16.0 Å². The summed E-state index contributed by atoms with van der Waals surface area (Å²) in [6, 6.07) is 17.8. The lowest BCUT2D eigenvalue weighted by molar-refractivity contribution is 0.0955. The molecule has 4 aromatic rings. The highest BCUT2D eigenvalue weighted by Crippen LogP contribution is 2.32. The van der Waals surface area contributed by atoms with E-state index >= 15 is 0 Å². The normalized spacial score (nSPS) is 12.2. The van der Waals surface area contributed by atoms with E-state index in [9.17, 15) is 4.79 Å². The molecule has 3 heterocycles. The first-order chi connectivity index (χ1) is 13.2. The van der Waals surface area contributed by atoms with E-state index < -0.39 is 0 Å². The van der Waals surface area contributed by atoms with Crippen LogP contribution < -0.4 is 11.1 Å². The van der Waals surface area contributed by atoms with E-state index in [0.717, 1.165) is 27.9 Å². The van der Waals surface area contributed by atoms with Crippen molar-refractivity contribution < 1.29 is 4.79 Å². The Balaban J connectivity index is 1.41. The highest BCUT2D eigenvalue weighted by molar-refractivity contribution is 7.17. The van der Waals surface area contributed by atoms with Gasteiger partial charge in [0.25, 0.3) is 5.91 Å². The number of thiophene rings is 1. The van der Waals surface area contributed by atoms with Crippen molar-refractivity contribution in [1.82, 2.24) is 15.3 Å². The van der Waals surface area contributed by atoms with Crippen molar-refractivity contribution in [2.45, 2.75) is 12.5 Å². The predicted octanol–water partition coefficient (Wildman–Crippen LogP) is 3.59. The van der Waals surface area contributed by atoms with Gasteiger partial charge in [0.1, 0.15) is 5.65 Å². The van der Waals surface area contributed by atoms with Crippen molar-refractivity contribution in [3.63, 3.8) is 0 Å². The van der Waals surface area contributed by atoms with Gasteiger partial charge in [-0.25, -0.2) is 4.98 Å². The Bertz CT molecular complexity index is 1050. The summed E-state index contributed by atoms with van der Waals surface area (Å²) in [6.07, 6.45) is 4.38. The smallest absolute Gasteiger partial charge is 0.261 e. The van der Waals surface area contributed by atoms with Crippen LogP contribution in [0.25, 0.3) is 21.5 Å². The van der Waals surface area contributed by atoms with Crippen LogP contribution in [-0.4, -0.2) is 28.5 Å². The first kappa shape index (κ1) is 17.5. The molecule has 0 aliphatic rings. The van der Waals surface area contributed by atoms with E-state index in [2.05, 4.69) is 15.3 Å². The highest BCUT2D eigenvalue weighted by Gasteiger charge is 2.13. The molecule has 1 aromatic carbocycles. The third-order valence-corrected chi connectivity index (χ3v) is 5.54. The van der Waals surface area contributed by atoms with Gasteiger partial charge >= 0.3 is 0 Å². The van der Waals surface area contributed by atoms with Crippen molar-refractivity contribution in [2.75, 3.05) is 6.54 Å². The lowest BCUT2D eigenvalue weighted by atomic mass is 10.1. The standard InChI is InChI=1S/C21H20N4OS/c22-15(12-14-4-2-1-3-5-14)13-25-21(26)19-7-6-18(27-19)16-8-10-23-20-17(16)9-11-24-20/h1-11,15H,12-13,22H2,(H,23,24)(H,25,26)/t15-/m1/s1. The summed E-state index contributed by atoms with van der Waals surface area (Å²) < 4.78 is 0. The van der Waals surface area contributed by atoms with Gasteiger partial charge in [-0.05, 0) is 36.2 Å². The molecule has 5 nitrogen and oxygen atoms in total. The largest absolute Gasteiger partial charge is 0.350 e. The van der Waals surface area contributed by atoms with Crippen LogP contribution in [0.5, 0.6) is 0 Å². The fraction of sp³-hybridized carbons (Fsp3) is 0.143. The molecule has 0 unspecified atom stereocenters. The van der Waals surface area contributed by atoms with Crippen molar-refractivity contribution >= 4 is 28.3 Å². The van der Waals surface area contributed by atoms with Crippen molar-refractivity contribution in [3.05, 3.63) is 77.4 Å². The number of hydrogen-bond donors (Lipinski definition) is 3. The lowest BCUT2D eigenvalue weighted by Crippen LogP contribution is -2.38. The van der Waals surface area contributed by atoms with Crippen LogP contribution in [0.2, 0.25) is 0 Å². The van der Waals surface area contributed by atoms with Crippen LogP contribution in [0, 0.1) is 0 Å². The molecular weight excluding hydrogens is 356 g/mol. The summed E-state index contributed by atoms with van der Waals surface area (Å²) in [5.74, 6) is -0.0888. The van der Waals surface area contributed by atoms with Gasteiger partial charge in [0.05, 0.1) is 4.88 Å². The number of benzene rings is 1. The number of carbonyl (C=O) groups is 1. The van der Waals surface area contributed by atoms with E-state index in [-0.39, 0.29) is 11.9 Å². The summed E-state index contributed by atoms with van der Waals surface area (Å²) in [7, 11) is 0. The van der Waals surface area contributed by atoms with E-state index in [4.69, 9.17) is 5.73 Å². The Labute approximate surface area is 161 Å². The average molecular weight is 376 g/mol. The topological polar surface area (TPSA) is 83.8 Å². The first-order valence-electron chi connectivity index (χ1n) is 8.81. The van der Waals surface area contributed by atoms with Gasteiger partial charge in [0.15, 0.2) is 0 Å². The number of amides is 1. The molecule has 0 saturated heterocycles. The Morgan fingerprint density at radius 1 is 1.15 bits per heavy atom. The second kappa shape index (κ2) is 7.73. The summed E-state index contributed by atoms with van der Waals surface area (Å²) in [6.45, 7) is 0.443. The van der Waals surface area contributed by atoms with Gasteiger partial charge in [-0.15, -0.1) is 11.3 Å². The number of H-pyrrole nitrogens is 1. The zero-order valence-corrected chi connectivity index (χ0v) is 15.5. The van der Waals surface area contributed by atoms with Crippen molar-refractivity contribution in [1.29, 1.82) is 0 Å². The van der Waals surface area contributed by atoms with Crippen LogP contribution in [0.1, 0.15) is 15.2 Å². The van der Waals surface area contributed by atoms with Gasteiger partial charge in [0, 0.05) is 40.8 Å². The van der Waals surface area contributed by atoms with Crippen molar-refractivity contribution in [2.24, 2.45) is 5.73 Å². The monoisotopic (exact) mass is 376 g/mol. The summed E-state index contributed by atoms with van der Waals surface area (Å²) in [5.41, 5.74) is 9.25. The number of nitrogens with two attached hydrogens (primary N) is 1. The molecule has 0 aliphatic heterocycles. The molecule has 0 bridgehead atoms. The van der Waals surface area contributed by atoms with E-state index in [1.54, 1.807) is 6.20 Å². The fourth-order valence-electron chi connectivity index (χ4n) is 3.08. The molecule has 0 saturated carbocycles. The third-order valence-electron chi connectivity index (χ3n) is 4.42. The molecule has 4 rings (SSSR count). The molecule has 0 radical (unpaired) electrons. The van der Waals surface area contributed by atoms with Crippen LogP contribution in [0.4, 0.5) is 0 Å².